The molecule has 122 valence electrons. The predicted molar refractivity (Wildman–Crippen MR) is 92.1 cm³/mol. The molecule has 0 aliphatic heterocycles. The van der Waals surface area contributed by atoms with Gasteiger partial charge in [0.05, 0.1) is 12.5 Å². The summed E-state index contributed by atoms with van der Waals surface area (Å²) in [4.78, 5) is 0. The molecule has 2 heteroatoms. The van der Waals surface area contributed by atoms with Crippen LogP contribution in [0, 0.1) is 0 Å². The predicted octanol–water partition coefficient (Wildman–Crippen LogP) is 6.79. The lowest BCUT2D eigenvalue weighted by molar-refractivity contribution is 0.520. The summed E-state index contributed by atoms with van der Waals surface area (Å²) < 4.78 is 11.4. The Hall–Kier alpha value is -1.44. The average molecular weight is 302 g/mol. The number of unbranched alkanes of at least 4 members (excludes halogenated alkanes) is 6. The highest BCUT2D eigenvalue weighted by Crippen LogP contribution is 2.31. The van der Waals surface area contributed by atoms with Gasteiger partial charge in [0.25, 0.3) is 0 Å². The topological polar surface area (TPSA) is 26.3 Å². The smallest absolute Gasteiger partial charge is 0.172 e. The minimum absolute atomic E-state index is 0.866. The second-order valence-electron chi connectivity index (χ2n) is 6.17. The second-order valence-corrected chi connectivity index (χ2v) is 6.17. The van der Waals surface area contributed by atoms with E-state index in [1.807, 2.05) is 18.4 Å². The first-order chi connectivity index (χ1) is 10.9. The molecule has 0 amide bonds. The van der Waals surface area contributed by atoms with Crippen LogP contribution in [0.3, 0.4) is 0 Å². The lowest BCUT2D eigenvalue weighted by Crippen LogP contribution is -1.94. The van der Waals surface area contributed by atoms with Crippen molar-refractivity contribution in [3.05, 3.63) is 35.8 Å². The van der Waals surface area contributed by atoms with Crippen LogP contribution in [-0.2, 0) is 12.8 Å². The molecule has 2 heterocycles. The molecule has 0 saturated heterocycles. The third-order valence-electron chi connectivity index (χ3n) is 4.31. The first kappa shape index (κ1) is 16.9. The largest absolute Gasteiger partial charge is 0.461 e. The van der Waals surface area contributed by atoms with E-state index in [4.69, 9.17) is 8.83 Å². The third-order valence-corrected chi connectivity index (χ3v) is 4.31. The fourth-order valence-electron chi connectivity index (χ4n) is 2.99. The monoisotopic (exact) mass is 302 g/mol. The summed E-state index contributed by atoms with van der Waals surface area (Å²) in [5.74, 6) is 1.82. The highest BCUT2D eigenvalue weighted by atomic mass is 16.4. The Morgan fingerprint density at radius 1 is 0.818 bits per heavy atom. The summed E-state index contributed by atoms with van der Waals surface area (Å²) in [6, 6.07) is 3.93. The van der Waals surface area contributed by atoms with Crippen LogP contribution in [-0.4, -0.2) is 0 Å². The molecule has 0 aromatic carbocycles. The lowest BCUT2D eigenvalue weighted by Gasteiger charge is -2.05. The summed E-state index contributed by atoms with van der Waals surface area (Å²) >= 11 is 0. The summed E-state index contributed by atoms with van der Waals surface area (Å²) in [7, 11) is 0. The summed E-state index contributed by atoms with van der Waals surface area (Å²) in [5, 5.41) is 0. The van der Waals surface area contributed by atoms with Crippen LogP contribution in [0.2, 0.25) is 0 Å². The second kappa shape index (κ2) is 9.55. The van der Waals surface area contributed by atoms with E-state index in [1.54, 1.807) is 6.26 Å². The van der Waals surface area contributed by atoms with Crippen molar-refractivity contribution < 1.29 is 8.83 Å². The maximum atomic E-state index is 5.86. The van der Waals surface area contributed by atoms with Crippen LogP contribution in [0.5, 0.6) is 0 Å². The van der Waals surface area contributed by atoms with E-state index in [2.05, 4.69) is 13.8 Å². The number of hydrogen-bond donors (Lipinski definition) is 0. The lowest BCUT2D eigenvalue weighted by atomic mass is 9.98. The van der Waals surface area contributed by atoms with Gasteiger partial charge in [0.15, 0.2) is 11.5 Å². The molecule has 0 unspecified atom stereocenters. The number of furan rings is 2. The van der Waals surface area contributed by atoms with Crippen molar-refractivity contribution in [2.24, 2.45) is 0 Å². The number of aryl methyl sites for hydroxylation is 1. The molecular formula is C20H30O2. The van der Waals surface area contributed by atoms with Gasteiger partial charge in [-0.2, -0.15) is 0 Å². The maximum Gasteiger partial charge on any atom is 0.172 e. The Balaban J connectivity index is 2.04. The van der Waals surface area contributed by atoms with E-state index in [0.29, 0.717) is 0 Å². The Bertz CT molecular complexity index is 508. The van der Waals surface area contributed by atoms with Gasteiger partial charge < -0.3 is 8.83 Å². The molecule has 0 radical (unpaired) electrons. The van der Waals surface area contributed by atoms with Gasteiger partial charge in [-0.15, -0.1) is 0 Å². The molecule has 2 aromatic heterocycles. The maximum absolute atomic E-state index is 5.86. The minimum atomic E-state index is 0.866. The first-order valence-corrected chi connectivity index (χ1v) is 8.99. The Morgan fingerprint density at radius 2 is 1.55 bits per heavy atom. The van der Waals surface area contributed by atoms with Gasteiger partial charge in [-0.1, -0.05) is 52.4 Å². The van der Waals surface area contributed by atoms with E-state index < -0.39 is 0 Å². The standard InChI is InChI=1S/C20H30O2/c1-3-5-7-9-12-17-16-22-20(19-14-11-15-21-19)18(17)13-10-8-6-4-2/h11,14-16H,3-10,12-13H2,1-2H3. The van der Waals surface area contributed by atoms with Crippen molar-refractivity contribution in [3.63, 3.8) is 0 Å². The number of rotatable bonds is 11. The van der Waals surface area contributed by atoms with Crippen molar-refractivity contribution in [1.82, 2.24) is 0 Å². The van der Waals surface area contributed by atoms with E-state index >= 15 is 0 Å². The fourth-order valence-corrected chi connectivity index (χ4v) is 2.99. The van der Waals surface area contributed by atoms with E-state index in [0.717, 1.165) is 24.4 Å². The molecule has 0 aliphatic rings. The van der Waals surface area contributed by atoms with Gasteiger partial charge in [0.1, 0.15) is 0 Å². The molecule has 0 aliphatic carbocycles. The van der Waals surface area contributed by atoms with E-state index in [-0.39, 0.29) is 0 Å². The molecule has 2 aromatic rings. The zero-order valence-electron chi connectivity index (χ0n) is 14.2. The van der Waals surface area contributed by atoms with Crippen LogP contribution in [0.1, 0.15) is 76.3 Å². The van der Waals surface area contributed by atoms with Gasteiger partial charge >= 0.3 is 0 Å². The van der Waals surface area contributed by atoms with E-state index in [1.165, 1.54) is 62.5 Å². The molecular weight excluding hydrogens is 272 g/mol. The van der Waals surface area contributed by atoms with Crippen LogP contribution in [0.4, 0.5) is 0 Å². The molecule has 22 heavy (non-hydrogen) atoms. The normalized spacial score (nSPS) is 11.2. The van der Waals surface area contributed by atoms with Crippen LogP contribution in [0.15, 0.2) is 33.5 Å². The summed E-state index contributed by atoms with van der Waals surface area (Å²) in [5.41, 5.74) is 2.77. The van der Waals surface area contributed by atoms with E-state index in [9.17, 15) is 0 Å². The highest BCUT2D eigenvalue weighted by Gasteiger charge is 2.16. The zero-order chi connectivity index (χ0) is 15.6. The Kier molecular flexibility index (Phi) is 7.35. The fraction of sp³-hybridized carbons (Fsp3) is 0.600. The van der Waals surface area contributed by atoms with Crippen molar-refractivity contribution >= 4 is 0 Å². The molecule has 0 bridgehead atoms. The quantitative estimate of drug-likeness (QED) is 0.427. The molecule has 2 rings (SSSR count). The van der Waals surface area contributed by atoms with Gasteiger partial charge in [-0.3, -0.25) is 0 Å². The average Bonchev–Trinajstić information content (AvgIpc) is 3.17. The molecule has 0 spiro atoms. The van der Waals surface area contributed by atoms with Crippen molar-refractivity contribution in [2.75, 3.05) is 0 Å². The molecule has 0 N–H and O–H groups in total. The number of hydrogen-bond acceptors (Lipinski definition) is 2. The molecule has 0 atom stereocenters. The summed E-state index contributed by atoms with van der Waals surface area (Å²) in [6.07, 6.45) is 16.2. The van der Waals surface area contributed by atoms with Crippen LogP contribution >= 0.6 is 0 Å². The van der Waals surface area contributed by atoms with Gasteiger partial charge in [-0.05, 0) is 43.4 Å². The third kappa shape index (κ3) is 4.79. The molecule has 0 saturated carbocycles. The van der Waals surface area contributed by atoms with Gasteiger partial charge in [-0.25, -0.2) is 0 Å². The van der Waals surface area contributed by atoms with Gasteiger partial charge in [0.2, 0.25) is 0 Å². The van der Waals surface area contributed by atoms with Crippen LogP contribution in [0.25, 0.3) is 11.5 Å². The van der Waals surface area contributed by atoms with Crippen molar-refractivity contribution in [2.45, 2.75) is 78.1 Å². The van der Waals surface area contributed by atoms with Crippen molar-refractivity contribution in [1.29, 1.82) is 0 Å². The Labute approximate surface area is 134 Å². The van der Waals surface area contributed by atoms with Crippen LogP contribution < -0.4 is 0 Å². The molecule has 0 fully saturated rings. The Morgan fingerprint density at radius 3 is 2.18 bits per heavy atom. The summed E-state index contributed by atoms with van der Waals surface area (Å²) in [6.45, 7) is 4.51. The van der Waals surface area contributed by atoms with Gasteiger partial charge in [0, 0.05) is 5.56 Å². The molecule has 2 nitrogen and oxygen atoms in total. The first-order valence-electron chi connectivity index (χ1n) is 8.99. The van der Waals surface area contributed by atoms with Crippen molar-refractivity contribution in [3.8, 4) is 11.5 Å². The SMILES string of the molecule is CCCCCCc1coc(-c2ccco2)c1CCCCCC. The highest BCUT2D eigenvalue weighted by molar-refractivity contribution is 5.57. The zero-order valence-corrected chi connectivity index (χ0v) is 14.2. The minimum Gasteiger partial charge on any atom is -0.461 e.